The van der Waals surface area contributed by atoms with E-state index in [0.29, 0.717) is 12.0 Å². The van der Waals surface area contributed by atoms with Gasteiger partial charge >= 0.3 is 0 Å². The van der Waals surface area contributed by atoms with Crippen molar-refractivity contribution in [3.63, 3.8) is 0 Å². The summed E-state index contributed by atoms with van der Waals surface area (Å²) < 4.78 is 5.67. The van der Waals surface area contributed by atoms with Crippen molar-refractivity contribution in [3.8, 4) is 0 Å². The Morgan fingerprint density at radius 3 is 2.69 bits per heavy atom. The fraction of sp³-hybridized carbons (Fsp3) is 0.500. The maximum Gasteiger partial charge on any atom is 0.0641 e. The van der Waals surface area contributed by atoms with Gasteiger partial charge < -0.3 is 4.74 Å². The van der Waals surface area contributed by atoms with Crippen molar-refractivity contribution >= 4 is 0 Å². The summed E-state index contributed by atoms with van der Waals surface area (Å²) in [4.78, 5) is 0. The predicted molar refractivity (Wildman–Crippen MR) is 53.8 cm³/mol. The third kappa shape index (κ3) is 1.92. The van der Waals surface area contributed by atoms with E-state index in [0.717, 1.165) is 6.61 Å². The monoisotopic (exact) mass is 176 g/mol. The number of rotatable bonds is 2. The second-order valence-electron chi connectivity index (χ2n) is 3.75. The average Bonchev–Trinajstić information content (AvgIpc) is 2.71. The molecule has 0 aromatic heterocycles. The van der Waals surface area contributed by atoms with Gasteiger partial charge in [-0.25, -0.2) is 0 Å². The first kappa shape index (κ1) is 8.76. The quantitative estimate of drug-likeness (QED) is 0.673. The molecule has 1 unspecified atom stereocenters. The molecule has 1 aromatic rings. The molecule has 2 atom stereocenters. The van der Waals surface area contributed by atoms with Gasteiger partial charge in [-0.1, -0.05) is 37.3 Å². The molecule has 1 aromatic carbocycles. The minimum atomic E-state index is 0.447. The molecule has 0 radical (unpaired) electrons. The van der Waals surface area contributed by atoms with Crippen LogP contribution in [0.5, 0.6) is 0 Å². The first-order valence-corrected chi connectivity index (χ1v) is 5.04. The highest BCUT2D eigenvalue weighted by atomic mass is 16.5. The second-order valence-corrected chi connectivity index (χ2v) is 3.75. The maximum atomic E-state index is 5.67. The summed E-state index contributed by atoms with van der Waals surface area (Å²) in [6, 6.07) is 10.6. The lowest BCUT2D eigenvalue weighted by molar-refractivity contribution is 0.0932. The molecule has 0 amide bonds. The fourth-order valence-corrected chi connectivity index (χ4v) is 1.97. The molecule has 1 aliphatic heterocycles. The van der Waals surface area contributed by atoms with E-state index >= 15 is 0 Å². The van der Waals surface area contributed by atoms with Gasteiger partial charge in [-0.2, -0.15) is 0 Å². The van der Waals surface area contributed by atoms with Crippen molar-refractivity contribution < 1.29 is 4.74 Å². The molecule has 0 spiro atoms. The van der Waals surface area contributed by atoms with Crippen LogP contribution in [0.4, 0.5) is 0 Å². The van der Waals surface area contributed by atoms with Gasteiger partial charge in [0.2, 0.25) is 0 Å². The molecule has 1 fully saturated rings. The zero-order valence-corrected chi connectivity index (χ0v) is 8.07. The van der Waals surface area contributed by atoms with E-state index in [1.165, 1.54) is 18.4 Å². The average molecular weight is 176 g/mol. The van der Waals surface area contributed by atoms with Gasteiger partial charge in [-0.05, 0) is 18.4 Å². The molecule has 0 saturated carbocycles. The minimum Gasteiger partial charge on any atom is -0.378 e. The van der Waals surface area contributed by atoms with Crippen molar-refractivity contribution in [1.82, 2.24) is 0 Å². The molecular formula is C12H16O. The van der Waals surface area contributed by atoms with E-state index in [2.05, 4.69) is 37.3 Å². The Hall–Kier alpha value is -0.820. The van der Waals surface area contributed by atoms with Crippen molar-refractivity contribution in [1.29, 1.82) is 0 Å². The fourth-order valence-electron chi connectivity index (χ4n) is 1.97. The van der Waals surface area contributed by atoms with Gasteiger partial charge in [0.1, 0.15) is 0 Å². The van der Waals surface area contributed by atoms with Crippen LogP contribution in [0.25, 0.3) is 0 Å². The molecule has 2 rings (SSSR count). The Balaban J connectivity index is 2.08. The van der Waals surface area contributed by atoms with Gasteiger partial charge in [-0.3, -0.25) is 0 Å². The van der Waals surface area contributed by atoms with Gasteiger partial charge in [0.15, 0.2) is 0 Å². The molecule has 0 bridgehead atoms. The molecule has 1 heteroatoms. The molecule has 70 valence electrons. The van der Waals surface area contributed by atoms with Crippen LogP contribution in [0.2, 0.25) is 0 Å². The highest BCUT2D eigenvalue weighted by Crippen LogP contribution is 2.27. The topological polar surface area (TPSA) is 9.23 Å². The van der Waals surface area contributed by atoms with Gasteiger partial charge in [0, 0.05) is 12.5 Å². The Bertz CT molecular complexity index is 249. The lowest BCUT2D eigenvalue weighted by Gasteiger charge is -2.18. The number of benzene rings is 1. The standard InChI is InChI=1S/C12H16O/c1-10(12-8-5-9-13-12)11-6-3-2-4-7-11/h2-4,6-7,10,12H,5,8-9H2,1H3/t10-,12?/m1/s1. The summed E-state index contributed by atoms with van der Waals surface area (Å²) >= 11 is 0. The molecule has 1 saturated heterocycles. The first-order valence-electron chi connectivity index (χ1n) is 5.04. The van der Waals surface area contributed by atoms with Crippen LogP contribution in [0.15, 0.2) is 30.3 Å². The van der Waals surface area contributed by atoms with E-state index in [4.69, 9.17) is 4.74 Å². The molecule has 1 nitrogen and oxygen atoms in total. The van der Waals surface area contributed by atoms with Crippen molar-refractivity contribution in [2.24, 2.45) is 0 Å². The minimum absolute atomic E-state index is 0.447. The predicted octanol–water partition coefficient (Wildman–Crippen LogP) is 2.97. The Morgan fingerprint density at radius 1 is 1.31 bits per heavy atom. The summed E-state index contributed by atoms with van der Waals surface area (Å²) in [5.41, 5.74) is 1.40. The van der Waals surface area contributed by atoms with E-state index in [-0.39, 0.29) is 0 Å². The SMILES string of the molecule is C[C@H](c1ccccc1)C1CCCO1. The zero-order valence-electron chi connectivity index (χ0n) is 8.07. The zero-order chi connectivity index (χ0) is 9.10. The van der Waals surface area contributed by atoms with E-state index < -0.39 is 0 Å². The highest BCUT2D eigenvalue weighted by molar-refractivity contribution is 5.20. The molecule has 1 heterocycles. The van der Waals surface area contributed by atoms with Crippen molar-refractivity contribution in [3.05, 3.63) is 35.9 Å². The van der Waals surface area contributed by atoms with E-state index in [9.17, 15) is 0 Å². The van der Waals surface area contributed by atoms with Crippen LogP contribution in [0.3, 0.4) is 0 Å². The number of ether oxygens (including phenoxy) is 1. The molecule has 0 N–H and O–H groups in total. The largest absolute Gasteiger partial charge is 0.378 e. The normalized spacial score (nSPS) is 24.5. The third-order valence-corrected chi connectivity index (χ3v) is 2.85. The van der Waals surface area contributed by atoms with E-state index in [1.807, 2.05) is 0 Å². The van der Waals surface area contributed by atoms with Gasteiger partial charge in [0.05, 0.1) is 6.10 Å². The molecule has 1 aliphatic rings. The van der Waals surface area contributed by atoms with Gasteiger partial charge in [-0.15, -0.1) is 0 Å². The summed E-state index contributed by atoms with van der Waals surface area (Å²) in [6.07, 6.45) is 2.89. The smallest absolute Gasteiger partial charge is 0.0641 e. The first-order chi connectivity index (χ1) is 6.38. The molecule has 0 aliphatic carbocycles. The Morgan fingerprint density at radius 2 is 2.08 bits per heavy atom. The van der Waals surface area contributed by atoms with Crippen molar-refractivity contribution in [2.45, 2.75) is 31.8 Å². The lowest BCUT2D eigenvalue weighted by Crippen LogP contribution is -2.14. The summed E-state index contributed by atoms with van der Waals surface area (Å²) in [6.45, 7) is 3.20. The van der Waals surface area contributed by atoms with E-state index in [1.54, 1.807) is 0 Å². The van der Waals surface area contributed by atoms with Crippen LogP contribution in [0, 0.1) is 0 Å². The van der Waals surface area contributed by atoms with Gasteiger partial charge in [0.25, 0.3) is 0 Å². The van der Waals surface area contributed by atoms with Crippen LogP contribution >= 0.6 is 0 Å². The Labute approximate surface area is 79.7 Å². The molecule has 13 heavy (non-hydrogen) atoms. The third-order valence-electron chi connectivity index (χ3n) is 2.85. The number of hydrogen-bond acceptors (Lipinski definition) is 1. The number of hydrogen-bond donors (Lipinski definition) is 0. The summed E-state index contributed by atoms with van der Waals surface area (Å²) in [5.74, 6) is 0.545. The summed E-state index contributed by atoms with van der Waals surface area (Å²) in [5, 5.41) is 0. The van der Waals surface area contributed by atoms with Crippen molar-refractivity contribution in [2.75, 3.05) is 6.61 Å². The Kier molecular flexibility index (Phi) is 2.65. The highest BCUT2D eigenvalue weighted by Gasteiger charge is 2.22. The summed E-state index contributed by atoms with van der Waals surface area (Å²) in [7, 11) is 0. The van der Waals surface area contributed by atoms with Crippen LogP contribution < -0.4 is 0 Å². The molecular weight excluding hydrogens is 160 g/mol. The lowest BCUT2D eigenvalue weighted by atomic mass is 9.94. The van der Waals surface area contributed by atoms with Crippen LogP contribution in [0.1, 0.15) is 31.2 Å². The maximum absolute atomic E-state index is 5.67. The van der Waals surface area contributed by atoms with Crippen LogP contribution in [-0.4, -0.2) is 12.7 Å². The second kappa shape index (κ2) is 3.93. The van der Waals surface area contributed by atoms with Crippen LogP contribution in [-0.2, 0) is 4.74 Å².